The number of para-hydroxylation sites is 2. The summed E-state index contributed by atoms with van der Waals surface area (Å²) in [5.41, 5.74) is 2.14. The van der Waals surface area contributed by atoms with Gasteiger partial charge in [-0.15, -0.1) is 11.3 Å². The Bertz CT molecular complexity index is 765. The summed E-state index contributed by atoms with van der Waals surface area (Å²) < 4.78 is 2.10. The van der Waals surface area contributed by atoms with Crippen molar-refractivity contribution in [1.82, 2.24) is 19.9 Å². The molecular weight excluding hydrogens is 298 g/mol. The van der Waals surface area contributed by atoms with Crippen LogP contribution in [0.25, 0.3) is 11.0 Å². The summed E-state index contributed by atoms with van der Waals surface area (Å²) in [5.74, 6) is 1.03. The molecule has 0 unspecified atom stereocenters. The van der Waals surface area contributed by atoms with Crippen LogP contribution >= 0.6 is 11.3 Å². The number of anilines is 1. The Morgan fingerprint density at radius 1 is 1.36 bits per heavy atom. The summed E-state index contributed by atoms with van der Waals surface area (Å²) in [6, 6.07) is 7.85. The van der Waals surface area contributed by atoms with E-state index in [0.29, 0.717) is 11.7 Å². The molecule has 0 bridgehead atoms. The molecule has 0 saturated heterocycles. The van der Waals surface area contributed by atoms with Gasteiger partial charge in [-0.3, -0.25) is 5.32 Å². The number of aryl methyl sites for hydroxylation is 2. The standard InChI is InChI=1S/C15H17N5OS/c1-20-12-6-3-2-5-11(12)18-13(20)7-4-8-16-14(21)19-15-17-9-10-22-15/h2-3,5-6,9-10H,4,7-8H2,1H3,(H2,16,17,19,21). The third-order valence-corrected chi connectivity index (χ3v) is 4.08. The van der Waals surface area contributed by atoms with E-state index in [1.807, 2.05) is 30.6 Å². The van der Waals surface area contributed by atoms with E-state index in [1.165, 1.54) is 11.3 Å². The van der Waals surface area contributed by atoms with Crippen LogP contribution < -0.4 is 10.6 Å². The van der Waals surface area contributed by atoms with E-state index in [9.17, 15) is 4.79 Å². The summed E-state index contributed by atoms with van der Waals surface area (Å²) >= 11 is 1.40. The number of thiazole rings is 1. The SMILES string of the molecule is Cn1c(CCCNC(=O)Nc2nccs2)nc2ccccc21. The Labute approximate surface area is 132 Å². The molecule has 0 aliphatic carbocycles. The van der Waals surface area contributed by atoms with Crippen LogP contribution in [0.1, 0.15) is 12.2 Å². The predicted octanol–water partition coefficient (Wildman–Crippen LogP) is 2.78. The molecule has 2 heterocycles. The van der Waals surface area contributed by atoms with Crippen molar-refractivity contribution in [2.75, 3.05) is 11.9 Å². The van der Waals surface area contributed by atoms with E-state index < -0.39 is 0 Å². The number of benzene rings is 1. The minimum absolute atomic E-state index is 0.222. The molecule has 0 aliphatic rings. The molecule has 114 valence electrons. The van der Waals surface area contributed by atoms with E-state index in [1.54, 1.807) is 6.20 Å². The fourth-order valence-electron chi connectivity index (χ4n) is 2.29. The summed E-state index contributed by atoms with van der Waals surface area (Å²) in [7, 11) is 2.02. The molecule has 2 N–H and O–H groups in total. The monoisotopic (exact) mass is 315 g/mol. The van der Waals surface area contributed by atoms with Crippen molar-refractivity contribution in [3.05, 3.63) is 41.7 Å². The van der Waals surface area contributed by atoms with Crippen molar-refractivity contribution in [3.63, 3.8) is 0 Å². The first-order valence-electron chi connectivity index (χ1n) is 7.09. The molecule has 0 radical (unpaired) electrons. The minimum atomic E-state index is -0.222. The Morgan fingerprint density at radius 3 is 3.00 bits per heavy atom. The van der Waals surface area contributed by atoms with Crippen LogP contribution in [-0.2, 0) is 13.5 Å². The summed E-state index contributed by atoms with van der Waals surface area (Å²) in [4.78, 5) is 20.3. The molecule has 0 spiro atoms. The number of aromatic nitrogens is 3. The lowest BCUT2D eigenvalue weighted by atomic mass is 10.3. The van der Waals surface area contributed by atoms with Gasteiger partial charge in [0.05, 0.1) is 11.0 Å². The van der Waals surface area contributed by atoms with Gasteiger partial charge in [0.2, 0.25) is 0 Å². The van der Waals surface area contributed by atoms with Crippen molar-refractivity contribution < 1.29 is 4.79 Å². The van der Waals surface area contributed by atoms with Crippen LogP contribution in [-0.4, -0.2) is 27.1 Å². The molecule has 0 atom stereocenters. The lowest BCUT2D eigenvalue weighted by Crippen LogP contribution is -2.29. The van der Waals surface area contributed by atoms with Gasteiger partial charge in [-0.05, 0) is 18.6 Å². The number of imidazole rings is 1. The van der Waals surface area contributed by atoms with Gasteiger partial charge in [0.25, 0.3) is 0 Å². The number of amides is 2. The number of hydrogen-bond donors (Lipinski definition) is 2. The fourth-order valence-corrected chi connectivity index (χ4v) is 2.82. The molecule has 2 amide bonds. The van der Waals surface area contributed by atoms with Gasteiger partial charge in [0, 0.05) is 31.6 Å². The molecule has 0 fully saturated rings. The Hall–Kier alpha value is -2.41. The number of urea groups is 1. The molecule has 0 saturated carbocycles. The highest BCUT2D eigenvalue weighted by atomic mass is 32.1. The van der Waals surface area contributed by atoms with Crippen molar-refractivity contribution in [2.45, 2.75) is 12.8 Å². The van der Waals surface area contributed by atoms with Crippen LogP contribution in [0.5, 0.6) is 0 Å². The van der Waals surface area contributed by atoms with Gasteiger partial charge in [0.1, 0.15) is 5.82 Å². The number of fused-ring (bicyclic) bond motifs is 1. The van der Waals surface area contributed by atoms with Crippen LogP contribution in [0.3, 0.4) is 0 Å². The number of carbonyl (C=O) groups excluding carboxylic acids is 1. The lowest BCUT2D eigenvalue weighted by molar-refractivity contribution is 0.252. The molecule has 22 heavy (non-hydrogen) atoms. The number of hydrogen-bond acceptors (Lipinski definition) is 4. The predicted molar refractivity (Wildman–Crippen MR) is 88.2 cm³/mol. The first kappa shape index (κ1) is 14.5. The molecular formula is C15H17N5OS. The van der Waals surface area contributed by atoms with Crippen molar-refractivity contribution in [1.29, 1.82) is 0 Å². The maximum atomic E-state index is 11.7. The van der Waals surface area contributed by atoms with Gasteiger partial charge in [-0.25, -0.2) is 14.8 Å². The topological polar surface area (TPSA) is 71.8 Å². The smallest absolute Gasteiger partial charge is 0.321 e. The highest BCUT2D eigenvalue weighted by Crippen LogP contribution is 2.15. The van der Waals surface area contributed by atoms with Crippen molar-refractivity contribution in [3.8, 4) is 0 Å². The highest BCUT2D eigenvalue weighted by Gasteiger charge is 2.07. The quantitative estimate of drug-likeness (QED) is 0.711. The molecule has 1 aromatic carbocycles. The fraction of sp³-hybridized carbons (Fsp3) is 0.267. The van der Waals surface area contributed by atoms with Crippen LogP contribution in [0.2, 0.25) is 0 Å². The summed E-state index contributed by atoms with van der Waals surface area (Å²) in [5, 5.41) is 7.94. The first-order valence-corrected chi connectivity index (χ1v) is 7.96. The zero-order valence-electron chi connectivity index (χ0n) is 12.2. The Balaban J connectivity index is 1.48. The van der Waals surface area contributed by atoms with Gasteiger partial charge in [-0.1, -0.05) is 12.1 Å². The molecule has 2 aromatic heterocycles. The van der Waals surface area contributed by atoms with E-state index in [4.69, 9.17) is 0 Å². The average Bonchev–Trinajstić information content (AvgIpc) is 3.13. The second kappa shape index (κ2) is 6.57. The van der Waals surface area contributed by atoms with Gasteiger partial charge >= 0.3 is 6.03 Å². The summed E-state index contributed by atoms with van der Waals surface area (Å²) in [6.45, 7) is 0.598. The molecule has 7 heteroatoms. The van der Waals surface area contributed by atoms with Gasteiger partial charge in [0.15, 0.2) is 5.13 Å². The first-order chi connectivity index (χ1) is 10.7. The van der Waals surface area contributed by atoms with E-state index in [-0.39, 0.29) is 6.03 Å². The third kappa shape index (κ3) is 3.25. The maximum absolute atomic E-state index is 11.7. The average molecular weight is 315 g/mol. The highest BCUT2D eigenvalue weighted by molar-refractivity contribution is 7.13. The zero-order valence-corrected chi connectivity index (χ0v) is 13.1. The Kier molecular flexibility index (Phi) is 4.34. The number of carbonyl (C=O) groups is 1. The number of rotatable bonds is 5. The largest absolute Gasteiger partial charge is 0.338 e. The molecule has 6 nitrogen and oxygen atoms in total. The second-order valence-electron chi connectivity index (χ2n) is 4.90. The molecule has 3 rings (SSSR count). The normalized spacial score (nSPS) is 10.8. The van der Waals surface area contributed by atoms with E-state index in [2.05, 4.69) is 31.2 Å². The zero-order chi connectivity index (χ0) is 15.4. The summed E-state index contributed by atoms with van der Waals surface area (Å²) in [6.07, 6.45) is 3.32. The van der Waals surface area contributed by atoms with E-state index >= 15 is 0 Å². The van der Waals surface area contributed by atoms with E-state index in [0.717, 1.165) is 29.7 Å². The minimum Gasteiger partial charge on any atom is -0.338 e. The maximum Gasteiger partial charge on any atom is 0.321 e. The third-order valence-electron chi connectivity index (χ3n) is 3.40. The van der Waals surface area contributed by atoms with Crippen LogP contribution in [0.15, 0.2) is 35.8 Å². The van der Waals surface area contributed by atoms with Crippen molar-refractivity contribution in [2.24, 2.45) is 7.05 Å². The Morgan fingerprint density at radius 2 is 2.23 bits per heavy atom. The van der Waals surface area contributed by atoms with Crippen LogP contribution in [0.4, 0.5) is 9.93 Å². The van der Waals surface area contributed by atoms with Crippen LogP contribution in [0, 0.1) is 0 Å². The van der Waals surface area contributed by atoms with Gasteiger partial charge in [-0.2, -0.15) is 0 Å². The van der Waals surface area contributed by atoms with Gasteiger partial charge < -0.3 is 9.88 Å². The number of nitrogens with one attached hydrogen (secondary N) is 2. The molecule has 0 aliphatic heterocycles. The van der Waals surface area contributed by atoms with Crippen molar-refractivity contribution >= 4 is 33.5 Å². The molecule has 3 aromatic rings. The lowest BCUT2D eigenvalue weighted by Gasteiger charge is -2.05. The number of nitrogens with zero attached hydrogens (tertiary/aromatic N) is 3. The second-order valence-corrected chi connectivity index (χ2v) is 5.79.